The minimum Gasteiger partial charge on any atom is -0.351 e. The van der Waals surface area contributed by atoms with Crippen molar-refractivity contribution in [3.63, 3.8) is 0 Å². The van der Waals surface area contributed by atoms with Crippen molar-refractivity contribution in [2.24, 2.45) is 0 Å². The summed E-state index contributed by atoms with van der Waals surface area (Å²) in [6, 6.07) is 0.481. The Kier molecular flexibility index (Phi) is 4.02. The molecule has 1 fully saturated rings. The van der Waals surface area contributed by atoms with E-state index in [0.717, 1.165) is 0 Å². The van der Waals surface area contributed by atoms with E-state index in [-0.39, 0.29) is 11.4 Å². The van der Waals surface area contributed by atoms with Crippen LogP contribution in [0, 0.1) is 0 Å². The number of hydrogen-bond acceptors (Lipinski definition) is 4. The van der Waals surface area contributed by atoms with Gasteiger partial charge in [-0.25, -0.2) is 9.97 Å². The van der Waals surface area contributed by atoms with Gasteiger partial charge in [0.15, 0.2) is 0 Å². The van der Waals surface area contributed by atoms with E-state index in [0.29, 0.717) is 17.6 Å². The Morgan fingerprint density at radius 2 is 1.79 bits per heavy atom. The van der Waals surface area contributed by atoms with Crippen molar-refractivity contribution in [3.8, 4) is 0 Å². The Morgan fingerprint density at radius 1 is 1.21 bits per heavy atom. The maximum atomic E-state index is 11.9. The maximum Gasteiger partial charge on any atom is 0.254 e. The smallest absolute Gasteiger partial charge is 0.254 e. The number of amides is 1. The summed E-state index contributed by atoms with van der Waals surface area (Å²) in [5, 5.41) is 6.19. The molecule has 1 aromatic heterocycles. The summed E-state index contributed by atoms with van der Waals surface area (Å²) in [5.74, 6) is 0.471. The number of nitrogens with one attached hydrogen (secondary N) is 2. The van der Waals surface area contributed by atoms with Gasteiger partial charge in [0.05, 0.1) is 5.56 Å². The van der Waals surface area contributed by atoms with Crippen LogP contribution in [0.5, 0.6) is 0 Å². The quantitative estimate of drug-likeness (QED) is 0.877. The summed E-state index contributed by atoms with van der Waals surface area (Å²) in [6.07, 6.45) is 8.04. The fraction of sp³-hybridized carbons (Fsp3) is 0.643. The zero-order valence-corrected chi connectivity index (χ0v) is 11.9. The van der Waals surface area contributed by atoms with Crippen LogP contribution in [-0.4, -0.2) is 27.5 Å². The minimum atomic E-state index is -0.252. The summed E-state index contributed by atoms with van der Waals surface area (Å²) in [7, 11) is 0. The summed E-state index contributed by atoms with van der Waals surface area (Å²) < 4.78 is 0. The SMILES string of the molecule is CC(C)(C)NC(=O)c1cnc(NC2CCCC2)nc1. The number of carbonyl (C=O) groups is 1. The van der Waals surface area contributed by atoms with E-state index in [1.54, 1.807) is 12.4 Å². The Morgan fingerprint density at radius 3 is 2.32 bits per heavy atom. The second kappa shape index (κ2) is 5.55. The van der Waals surface area contributed by atoms with Gasteiger partial charge in [-0.15, -0.1) is 0 Å². The Balaban J connectivity index is 1.95. The van der Waals surface area contributed by atoms with Crippen molar-refractivity contribution >= 4 is 11.9 Å². The average molecular weight is 262 g/mol. The molecule has 5 heteroatoms. The first-order valence-electron chi connectivity index (χ1n) is 6.85. The lowest BCUT2D eigenvalue weighted by Crippen LogP contribution is -2.40. The molecule has 0 unspecified atom stereocenters. The molecule has 2 N–H and O–H groups in total. The van der Waals surface area contributed by atoms with E-state index >= 15 is 0 Å². The van der Waals surface area contributed by atoms with E-state index < -0.39 is 0 Å². The molecule has 1 heterocycles. The highest BCUT2D eigenvalue weighted by Gasteiger charge is 2.17. The fourth-order valence-corrected chi connectivity index (χ4v) is 2.19. The monoisotopic (exact) mass is 262 g/mol. The van der Waals surface area contributed by atoms with Crippen molar-refractivity contribution in [2.75, 3.05) is 5.32 Å². The lowest BCUT2D eigenvalue weighted by atomic mass is 10.1. The zero-order chi connectivity index (χ0) is 13.9. The molecule has 2 rings (SSSR count). The summed E-state index contributed by atoms with van der Waals surface area (Å²) in [6.45, 7) is 5.84. The molecule has 0 saturated heterocycles. The van der Waals surface area contributed by atoms with E-state index in [1.165, 1.54) is 25.7 Å². The number of aromatic nitrogens is 2. The molecule has 1 aliphatic carbocycles. The number of nitrogens with zero attached hydrogens (tertiary/aromatic N) is 2. The predicted molar refractivity (Wildman–Crippen MR) is 75.1 cm³/mol. The van der Waals surface area contributed by atoms with Crippen LogP contribution < -0.4 is 10.6 Å². The highest BCUT2D eigenvalue weighted by atomic mass is 16.1. The highest BCUT2D eigenvalue weighted by Crippen LogP contribution is 2.20. The van der Waals surface area contributed by atoms with Crippen LogP contribution in [-0.2, 0) is 0 Å². The van der Waals surface area contributed by atoms with E-state index in [2.05, 4.69) is 20.6 Å². The highest BCUT2D eigenvalue weighted by molar-refractivity contribution is 5.94. The molecule has 1 amide bonds. The first-order valence-corrected chi connectivity index (χ1v) is 6.85. The van der Waals surface area contributed by atoms with Crippen molar-refractivity contribution in [1.29, 1.82) is 0 Å². The van der Waals surface area contributed by atoms with E-state index in [1.807, 2.05) is 20.8 Å². The van der Waals surface area contributed by atoms with E-state index in [9.17, 15) is 4.79 Å². The molecular formula is C14H22N4O. The van der Waals surface area contributed by atoms with Crippen molar-refractivity contribution in [1.82, 2.24) is 15.3 Å². The Hall–Kier alpha value is -1.65. The van der Waals surface area contributed by atoms with Crippen LogP contribution in [0.2, 0.25) is 0 Å². The van der Waals surface area contributed by atoms with E-state index in [4.69, 9.17) is 0 Å². The van der Waals surface area contributed by atoms with Crippen LogP contribution in [0.25, 0.3) is 0 Å². The van der Waals surface area contributed by atoms with Crippen LogP contribution in [0.4, 0.5) is 5.95 Å². The molecule has 0 radical (unpaired) electrons. The summed E-state index contributed by atoms with van der Waals surface area (Å²) >= 11 is 0. The molecule has 104 valence electrons. The standard InChI is InChI=1S/C14H22N4O/c1-14(2,3)18-12(19)10-8-15-13(16-9-10)17-11-6-4-5-7-11/h8-9,11H,4-7H2,1-3H3,(H,18,19)(H,15,16,17). The van der Waals surface area contributed by atoms with Crippen LogP contribution >= 0.6 is 0 Å². The number of anilines is 1. The fourth-order valence-electron chi connectivity index (χ4n) is 2.19. The average Bonchev–Trinajstić information content (AvgIpc) is 2.80. The maximum absolute atomic E-state index is 11.9. The third kappa shape index (κ3) is 4.19. The van der Waals surface area contributed by atoms with Gasteiger partial charge in [0.2, 0.25) is 5.95 Å². The second-order valence-corrected chi connectivity index (χ2v) is 6.13. The van der Waals surface area contributed by atoms with Crippen LogP contribution in [0.15, 0.2) is 12.4 Å². The summed E-state index contributed by atoms with van der Waals surface area (Å²) in [5.41, 5.74) is 0.240. The third-order valence-electron chi connectivity index (χ3n) is 3.09. The molecule has 1 saturated carbocycles. The zero-order valence-electron chi connectivity index (χ0n) is 11.9. The molecule has 0 atom stereocenters. The number of rotatable bonds is 3. The van der Waals surface area contributed by atoms with Gasteiger partial charge in [-0.05, 0) is 33.6 Å². The molecule has 1 aromatic rings. The first-order chi connectivity index (χ1) is 8.94. The van der Waals surface area contributed by atoms with Gasteiger partial charge in [-0.1, -0.05) is 12.8 Å². The topological polar surface area (TPSA) is 66.9 Å². The molecular weight excluding hydrogens is 240 g/mol. The van der Waals surface area contributed by atoms with Crippen molar-refractivity contribution in [2.45, 2.75) is 58.0 Å². The van der Waals surface area contributed by atoms with Gasteiger partial charge >= 0.3 is 0 Å². The largest absolute Gasteiger partial charge is 0.351 e. The molecule has 0 spiro atoms. The minimum absolute atomic E-state index is 0.139. The summed E-state index contributed by atoms with van der Waals surface area (Å²) in [4.78, 5) is 20.3. The Labute approximate surface area is 114 Å². The number of carbonyl (C=O) groups excluding carboxylic acids is 1. The van der Waals surface area contributed by atoms with Gasteiger partial charge in [0.25, 0.3) is 5.91 Å². The molecule has 1 aliphatic rings. The molecule has 0 aliphatic heterocycles. The normalized spacial score (nSPS) is 16.4. The van der Waals surface area contributed by atoms with Gasteiger partial charge in [0.1, 0.15) is 0 Å². The van der Waals surface area contributed by atoms with Crippen molar-refractivity contribution in [3.05, 3.63) is 18.0 Å². The van der Waals surface area contributed by atoms with Gasteiger partial charge < -0.3 is 10.6 Å². The van der Waals surface area contributed by atoms with Gasteiger partial charge in [-0.3, -0.25) is 4.79 Å². The lowest BCUT2D eigenvalue weighted by Gasteiger charge is -2.20. The second-order valence-electron chi connectivity index (χ2n) is 6.13. The number of hydrogen-bond donors (Lipinski definition) is 2. The first kappa shape index (κ1) is 13.8. The molecule has 19 heavy (non-hydrogen) atoms. The predicted octanol–water partition coefficient (Wildman–Crippen LogP) is 2.36. The van der Waals surface area contributed by atoms with Gasteiger partial charge in [0, 0.05) is 24.0 Å². The van der Waals surface area contributed by atoms with Crippen LogP contribution in [0.3, 0.4) is 0 Å². The van der Waals surface area contributed by atoms with Gasteiger partial charge in [-0.2, -0.15) is 0 Å². The van der Waals surface area contributed by atoms with Crippen LogP contribution in [0.1, 0.15) is 56.8 Å². The molecule has 0 bridgehead atoms. The Bertz CT molecular complexity index is 430. The van der Waals surface area contributed by atoms with Crippen molar-refractivity contribution < 1.29 is 4.79 Å². The lowest BCUT2D eigenvalue weighted by molar-refractivity contribution is 0.0919. The molecule has 5 nitrogen and oxygen atoms in total. The molecule has 0 aromatic carbocycles. The third-order valence-corrected chi connectivity index (χ3v) is 3.09.